The Morgan fingerprint density at radius 1 is 1.12 bits per heavy atom. The van der Waals surface area contributed by atoms with Crippen molar-refractivity contribution in [2.75, 3.05) is 0 Å². The van der Waals surface area contributed by atoms with Crippen molar-refractivity contribution in [3.05, 3.63) is 83.0 Å². The first-order valence-electron chi connectivity index (χ1n) is 8.06. The fourth-order valence-corrected chi connectivity index (χ4v) is 4.48. The molecule has 0 heterocycles. The predicted octanol–water partition coefficient (Wildman–Crippen LogP) is 5.96. The van der Waals surface area contributed by atoms with Crippen molar-refractivity contribution in [3.8, 4) is 0 Å². The van der Waals surface area contributed by atoms with E-state index < -0.39 is 0 Å². The minimum absolute atomic E-state index is 0. The van der Waals surface area contributed by atoms with Crippen LogP contribution in [0.3, 0.4) is 0 Å². The van der Waals surface area contributed by atoms with Gasteiger partial charge in [-0.2, -0.15) is 11.6 Å². The molecule has 2 aliphatic rings. The molecule has 0 fully saturated rings. The van der Waals surface area contributed by atoms with Gasteiger partial charge < -0.3 is 0 Å². The summed E-state index contributed by atoms with van der Waals surface area (Å²) in [4.78, 5) is 0. The van der Waals surface area contributed by atoms with Crippen LogP contribution in [0.25, 0.3) is 0 Å². The summed E-state index contributed by atoms with van der Waals surface area (Å²) in [5.74, 6) is 0.556. The average Bonchev–Trinajstić information content (AvgIpc) is 3.09. The monoisotopic (exact) mass is 468 g/mol. The molecule has 4 heteroatoms. The van der Waals surface area contributed by atoms with E-state index in [1.165, 1.54) is 28.3 Å². The van der Waals surface area contributed by atoms with E-state index in [0.29, 0.717) is 12.1 Å². The van der Waals surface area contributed by atoms with E-state index in [0.717, 1.165) is 6.42 Å². The minimum atomic E-state index is 0. The molecule has 0 saturated heterocycles. The molecule has 25 heavy (non-hydrogen) atoms. The van der Waals surface area contributed by atoms with Crippen molar-refractivity contribution in [2.45, 2.75) is 40.2 Å². The summed E-state index contributed by atoms with van der Waals surface area (Å²) in [5.41, 5.74) is 5.56. The molecule has 0 bridgehead atoms. The second-order valence-electron chi connectivity index (χ2n) is 5.93. The molecule has 0 radical (unpaired) electrons. The zero-order valence-corrected chi connectivity index (χ0v) is 20.7. The number of allylic oxidation sites excluding steroid dienone is 8. The maximum atomic E-state index is 3.19. The Labute approximate surface area is 182 Å². The van der Waals surface area contributed by atoms with Gasteiger partial charge in [0.1, 0.15) is 0 Å². The first-order chi connectivity index (χ1) is 11.0. The van der Waals surface area contributed by atoms with Crippen molar-refractivity contribution in [1.82, 2.24) is 0 Å². The molecule has 0 N–H and O–H groups in total. The van der Waals surface area contributed by atoms with Gasteiger partial charge in [-0.1, -0.05) is 26.7 Å². The van der Waals surface area contributed by atoms with Crippen LogP contribution >= 0.6 is 24.8 Å². The fraction of sp³-hybridized carbons (Fsp3) is 0.333. The molecule has 1 aromatic carbocycles. The van der Waals surface area contributed by atoms with E-state index in [9.17, 15) is 0 Å². The van der Waals surface area contributed by atoms with Gasteiger partial charge in [0.25, 0.3) is 0 Å². The van der Waals surface area contributed by atoms with Crippen LogP contribution in [0.15, 0.2) is 65.3 Å². The van der Waals surface area contributed by atoms with Crippen LogP contribution < -0.4 is 0 Å². The molecule has 1 aromatic rings. The molecule has 1 atom stereocenters. The molecule has 134 valence electrons. The quantitative estimate of drug-likeness (QED) is 0.370. The SMILES string of the molecule is CC1=CC(C)[C-]=C1.CC1=[C-]CC(C)=C1.Cl.Cl.[Zr+2]=[SiH]Cc1ccccc1. The summed E-state index contributed by atoms with van der Waals surface area (Å²) in [5, 5.41) is 0. The molecule has 0 aliphatic heterocycles. The number of halogens is 2. The Bertz CT molecular complexity index is 616. The Kier molecular flexibility index (Phi) is 17.4. The van der Waals surface area contributed by atoms with Crippen molar-refractivity contribution in [2.24, 2.45) is 5.92 Å². The summed E-state index contributed by atoms with van der Waals surface area (Å²) in [6.07, 6.45) is 14.5. The molecular weight excluding hydrogens is 442 g/mol. The number of hydrogen-bond acceptors (Lipinski definition) is 0. The van der Waals surface area contributed by atoms with E-state index in [1.54, 1.807) is 23.3 Å². The maximum absolute atomic E-state index is 3.19. The molecule has 0 amide bonds. The number of benzene rings is 1. The molecular formula is C21H28Cl2SiZr. The van der Waals surface area contributed by atoms with Crippen molar-refractivity contribution in [1.29, 1.82) is 0 Å². The summed E-state index contributed by atoms with van der Waals surface area (Å²) < 4.78 is 0. The molecule has 2 aliphatic carbocycles. The molecule has 0 nitrogen and oxygen atoms in total. The summed E-state index contributed by atoms with van der Waals surface area (Å²) in [7, 11) is 0. The Morgan fingerprint density at radius 3 is 2.04 bits per heavy atom. The van der Waals surface area contributed by atoms with Crippen LogP contribution in [0.5, 0.6) is 0 Å². The third-order valence-electron chi connectivity index (χ3n) is 3.38. The fourth-order valence-electron chi connectivity index (χ4n) is 2.24. The normalized spacial score (nSPS) is 16.6. The molecule has 1 unspecified atom stereocenters. The van der Waals surface area contributed by atoms with Gasteiger partial charge >= 0.3 is 71.4 Å². The second-order valence-corrected chi connectivity index (χ2v) is 9.76. The average molecular weight is 471 g/mol. The third-order valence-corrected chi connectivity index (χ3v) is 5.56. The van der Waals surface area contributed by atoms with Crippen LogP contribution in [-0.4, -0.2) is 6.16 Å². The van der Waals surface area contributed by atoms with Gasteiger partial charge in [0.2, 0.25) is 0 Å². The van der Waals surface area contributed by atoms with Gasteiger partial charge in [0.15, 0.2) is 0 Å². The Morgan fingerprint density at radius 2 is 1.76 bits per heavy atom. The molecule has 0 aromatic heterocycles. The molecule has 3 rings (SSSR count). The van der Waals surface area contributed by atoms with Gasteiger partial charge in [0, 0.05) is 0 Å². The topological polar surface area (TPSA) is 0 Å². The molecule has 0 spiro atoms. The molecule has 0 saturated carbocycles. The van der Waals surface area contributed by atoms with Gasteiger partial charge in [-0.05, 0) is 0 Å². The third kappa shape index (κ3) is 13.7. The Hall–Kier alpha value is -0.140. The zero-order valence-electron chi connectivity index (χ0n) is 15.5. The predicted molar refractivity (Wildman–Crippen MR) is 113 cm³/mol. The van der Waals surface area contributed by atoms with Crippen LogP contribution in [0.1, 0.15) is 39.7 Å². The van der Waals surface area contributed by atoms with Gasteiger partial charge in [-0.15, -0.1) is 38.2 Å². The van der Waals surface area contributed by atoms with E-state index in [2.05, 4.69) is 82.3 Å². The second kappa shape index (κ2) is 16.1. The van der Waals surface area contributed by atoms with Crippen LogP contribution in [0, 0.1) is 18.1 Å². The van der Waals surface area contributed by atoms with Crippen LogP contribution in [-0.2, 0) is 29.4 Å². The van der Waals surface area contributed by atoms with Crippen LogP contribution in [0.4, 0.5) is 0 Å². The van der Waals surface area contributed by atoms with Crippen LogP contribution in [0.2, 0.25) is 0 Å². The van der Waals surface area contributed by atoms with E-state index in [-0.39, 0.29) is 24.8 Å². The first-order valence-corrected chi connectivity index (χ1v) is 13.7. The standard InChI is InChI=1S/C7H8Si.2C7H9.2ClH.Zr/c8-6-7-4-2-1-3-5-7;2*1-6-3-4-7(2)5-6;;;/h1-5,8H,6H2;5H,3H2,1-2H3;3,5,7H,1-2H3;2*1H;/q;2*-1;;;+2. The summed E-state index contributed by atoms with van der Waals surface area (Å²) >= 11 is 1.72. The Balaban J connectivity index is 0. The summed E-state index contributed by atoms with van der Waals surface area (Å²) in [6, 6.07) is 12.0. The van der Waals surface area contributed by atoms with Gasteiger partial charge in [-0.3, -0.25) is 12.2 Å². The first kappa shape index (κ1) is 27.1. The zero-order chi connectivity index (χ0) is 17.1. The van der Waals surface area contributed by atoms with Gasteiger partial charge in [0.05, 0.1) is 0 Å². The number of rotatable bonds is 2. The van der Waals surface area contributed by atoms with E-state index in [4.69, 9.17) is 0 Å². The van der Waals surface area contributed by atoms with Crippen molar-refractivity contribution in [3.63, 3.8) is 0 Å². The van der Waals surface area contributed by atoms with Gasteiger partial charge in [-0.25, -0.2) is 23.3 Å². The van der Waals surface area contributed by atoms with E-state index in [1.807, 2.05) is 6.08 Å². The summed E-state index contributed by atoms with van der Waals surface area (Å²) in [6.45, 7) is 8.43. The van der Waals surface area contributed by atoms with Crippen molar-refractivity contribution >= 4 is 31.0 Å². The van der Waals surface area contributed by atoms with E-state index >= 15 is 0 Å². The number of hydrogen-bond donors (Lipinski definition) is 0. The van der Waals surface area contributed by atoms with Crippen molar-refractivity contribution < 1.29 is 23.3 Å².